The number of esters is 2. The third kappa shape index (κ3) is 59.6. The molecule has 0 bridgehead atoms. The summed E-state index contributed by atoms with van der Waals surface area (Å²) in [5, 5.41) is 0. The molecule has 0 saturated carbocycles. The van der Waals surface area contributed by atoms with Gasteiger partial charge in [-0.3, -0.25) is 18.6 Å². The Morgan fingerprint density at radius 3 is 1.01 bits per heavy atom. The Bertz CT molecular complexity index is 1250. The molecular weight excluding hydrogens is 930 g/mol. The van der Waals surface area contributed by atoms with E-state index in [1.807, 2.05) is 0 Å². The Morgan fingerprint density at radius 1 is 0.397 bits per heavy atom. The molecule has 9 nitrogen and oxygen atoms in total. The first kappa shape index (κ1) is 71.5. The third-order valence-corrected chi connectivity index (χ3v) is 15.3. The smallest absolute Gasteiger partial charge is 0.462 e. The van der Waals surface area contributed by atoms with Gasteiger partial charge < -0.3 is 20.1 Å². The quantitative estimate of drug-likeness (QED) is 0.0264. The van der Waals surface area contributed by atoms with Crippen molar-refractivity contribution in [2.24, 2.45) is 5.73 Å². The van der Waals surface area contributed by atoms with Gasteiger partial charge >= 0.3 is 19.8 Å². The summed E-state index contributed by atoms with van der Waals surface area (Å²) in [5.74, 6) is -0.825. The summed E-state index contributed by atoms with van der Waals surface area (Å²) in [6.45, 7) is 3.73. The average Bonchev–Trinajstić information content (AvgIpc) is 3.38. The van der Waals surface area contributed by atoms with Crippen LogP contribution in [-0.4, -0.2) is 49.3 Å². The maximum atomic E-state index is 12.7. The Kier molecular flexibility index (Phi) is 58.5. The first-order chi connectivity index (χ1) is 35.8. The lowest BCUT2D eigenvalue weighted by Crippen LogP contribution is -2.29. The number of rotatable bonds is 61. The fourth-order valence-electron chi connectivity index (χ4n) is 9.56. The SMILES string of the molecule is CCCC/C=C\CCCCCCCC(=O)OCC(COP(=O)(O)OCCN)OC(=O)CCCCCCCCCCCCCCCCCCCCCCCCCCCCCCC/C=C\CCCCCCCCCC. The second-order valence-electron chi connectivity index (χ2n) is 21.6. The average molecular weight is 1050 g/mol. The van der Waals surface area contributed by atoms with Crippen LogP contribution in [0.4, 0.5) is 0 Å². The number of allylic oxidation sites excluding steroid dienone is 4. The van der Waals surface area contributed by atoms with Gasteiger partial charge in [0.1, 0.15) is 6.61 Å². The normalized spacial score (nSPS) is 13.1. The van der Waals surface area contributed by atoms with Gasteiger partial charge in [0, 0.05) is 19.4 Å². The maximum Gasteiger partial charge on any atom is 0.472 e. The van der Waals surface area contributed by atoms with Crippen molar-refractivity contribution in [3.63, 3.8) is 0 Å². The maximum absolute atomic E-state index is 12.7. The van der Waals surface area contributed by atoms with Crippen molar-refractivity contribution in [1.82, 2.24) is 0 Å². The van der Waals surface area contributed by atoms with Crippen LogP contribution in [0.1, 0.15) is 335 Å². The van der Waals surface area contributed by atoms with Crippen molar-refractivity contribution < 1.29 is 37.6 Å². The van der Waals surface area contributed by atoms with Crippen molar-refractivity contribution >= 4 is 19.8 Å². The molecule has 0 aliphatic rings. The fraction of sp³-hybridized carbons (Fsp3) is 0.905. The van der Waals surface area contributed by atoms with E-state index in [9.17, 15) is 19.0 Å². The summed E-state index contributed by atoms with van der Waals surface area (Å²) in [7, 11) is -4.38. The molecule has 73 heavy (non-hydrogen) atoms. The van der Waals surface area contributed by atoms with E-state index in [0.29, 0.717) is 6.42 Å². The summed E-state index contributed by atoms with van der Waals surface area (Å²) in [5.41, 5.74) is 5.37. The predicted octanol–water partition coefficient (Wildman–Crippen LogP) is 20.2. The zero-order valence-electron chi connectivity index (χ0n) is 48.4. The zero-order chi connectivity index (χ0) is 53.1. The van der Waals surface area contributed by atoms with Gasteiger partial charge in [0.25, 0.3) is 0 Å². The molecule has 0 aromatic carbocycles. The number of unbranched alkanes of at least 4 members (excludes halogenated alkanes) is 44. The lowest BCUT2D eigenvalue weighted by atomic mass is 10.0. The molecule has 2 unspecified atom stereocenters. The Hall–Kier alpha value is -1.51. The van der Waals surface area contributed by atoms with Crippen molar-refractivity contribution in [1.29, 1.82) is 0 Å². The van der Waals surface area contributed by atoms with E-state index < -0.39 is 26.5 Å². The number of carbonyl (C=O) groups is 2. The fourth-order valence-corrected chi connectivity index (χ4v) is 10.3. The number of nitrogens with two attached hydrogens (primary N) is 1. The van der Waals surface area contributed by atoms with Gasteiger partial charge in [-0.15, -0.1) is 0 Å². The van der Waals surface area contributed by atoms with Crippen LogP contribution in [-0.2, 0) is 32.7 Å². The number of phosphoric ester groups is 1. The molecule has 0 heterocycles. The number of hydrogen-bond donors (Lipinski definition) is 2. The van der Waals surface area contributed by atoms with E-state index >= 15 is 0 Å². The highest BCUT2D eigenvalue weighted by atomic mass is 31.2. The van der Waals surface area contributed by atoms with Gasteiger partial charge in [-0.05, 0) is 57.8 Å². The molecule has 0 spiro atoms. The zero-order valence-corrected chi connectivity index (χ0v) is 49.3. The molecular formula is C63H122NO8P. The first-order valence-electron chi connectivity index (χ1n) is 31.8. The van der Waals surface area contributed by atoms with Crippen LogP contribution in [0.5, 0.6) is 0 Å². The Labute approximate surface area is 452 Å². The van der Waals surface area contributed by atoms with Crippen LogP contribution in [0.15, 0.2) is 24.3 Å². The van der Waals surface area contributed by atoms with Gasteiger partial charge in [-0.2, -0.15) is 0 Å². The molecule has 0 aliphatic heterocycles. The Morgan fingerprint density at radius 2 is 0.685 bits per heavy atom. The molecule has 0 fully saturated rings. The highest BCUT2D eigenvalue weighted by Crippen LogP contribution is 2.43. The molecule has 0 aromatic heterocycles. The third-order valence-electron chi connectivity index (χ3n) is 14.3. The molecule has 0 aliphatic carbocycles. The summed E-state index contributed by atoms with van der Waals surface area (Å²) in [6.07, 6.45) is 71.6. The van der Waals surface area contributed by atoms with E-state index in [0.717, 1.165) is 57.8 Å². The van der Waals surface area contributed by atoms with E-state index in [1.165, 1.54) is 244 Å². The second-order valence-corrected chi connectivity index (χ2v) is 23.1. The van der Waals surface area contributed by atoms with Crippen LogP contribution in [0.2, 0.25) is 0 Å². The van der Waals surface area contributed by atoms with Gasteiger partial charge in [-0.1, -0.05) is 289 Å². The molecule has 432 valence electrons. The lowest BCUT2D eigenvalue weighted by molar-refractivity contribution is -0.161. The minimum absolute atomic E-state index is 0.0548. The van der Waals surface area contributed by atoms with E-state index in [1.54, 1.807) is 0 Å². The van der Waals surface area contributed by atoms with Crippen LogP contribution in [0, 0.1) is 0 Å². The highest BCUT2D eigenvalue weighted by Gasteiger charge is 2.26. The van der Waals surface area contributed by atoms with Crippen molar-refractivity contribution in [2.45, 2.75) is 341 Å². The van der Waals surface area contributed by atoms with Crippen molar-refractivity contribution in [2.75, 3.05) is 26.4 Å². The van der Waals surface area contributed by atoms with Crippen molar-refractivity contribution in [3.05, 3.63) is 24.3 Å². The first-order valence-corrected chi connectivity index (χ1v) is 33.3. The monoisotopic (exact) mass is 1050 g/mol. The highest BCUT2D eigenvalue weighted by molar-refractivity contribution is 7.47. The summed E-state index contributed by atoms with van der Waals surface area (Å²) in [6, 6.07) is 0. The standard InChI is InChI=1S/C63H122NO8P/c1-3-5-7-9-11-13-15-16-17-18-19-20-21-22-23-24-25-26-27-28-29-30-31-32-33-34-35-36-37-38-39-40-41-42-43-44-46-48-50-52-54-56-63(66)72-61(60-71-73(67,68)70-58-57-64)59-69-62(65)55-53-51-49-47-45-14-12-10-8-6-4-2/h10,12,18-19,61H,3-9,11,13-17,20-60,64H2,1-2H3,(H,67,68)/b12-10-,19-18-. The van der Waals surface area contributed by atoms with Crippen LogP contribution >= 0.6 is 7.82 Å². The second kappa shape index (κ2) is 59.7. The molecule has 3 N–H and O–H groups in total. The predicted molar refractivity (Wildman–Crippen MR) is 312 cm³/mol. The summed E-state index contributed by atoms with van der Waals surface area (Å²) in [4.78, 5) is 35.0. The van der Waals surface area contributed by atoms with Gasteiger partial charge in [-0.25, -0.2) is 4.57 Å². The number of ether oxygens (including phenoxy) is 2. The minimum Gasteiger partial charge on any atom is -0.462 e. The van der Waals surface area contributed by atoms with E-state index in [-0.39, 0.29) is 38.6 Å². The lowest BCUT2D eigenvalue weighted by Gasteiger charge is -2.19. The Balaban J connectivity index is 3.65. The van der Waals surface area contributed by atoms with E-state index in [2.05, 4.69) is 38.2 Å². The number of phosphoric acid groups is 1. The molecule has 0 saturated heterocycles. The molecule has 0 aromatic rings. The molecule has 2 atom stereocenters. The van der Waals surface area contributed by atoms with Crippen LogP contribution < -0.4 is 5.73 Å². The number of hydrogen-bond acceptors (Lipinski definition) is 8. The van der Waals surface area contributed by atoms with Gasteiger partial charge in [0.15, 0.2) is 6.10 Å². The van der Waals surface area contributed by atoms with Gasteiger partial charge in [0.2, 0.25) is 0 Å². The van der Waals surface area contributed by atoms with Crippen LogP contribution in [0.25, 0.3) is 0 Å². The van der Waals surface area contributed by atoms with E-state index in [4.69, 9.17) is 24.3 Å². The molecule has 10 heteroatoms. The molecule has 0 radical (unpaired) electrons. The molecule has 0 amide bonds. The largest absolute Gasteiger partial charge is 0.472 e. The topological polar surface area (TPSA) is 134 Å². The molecule has 0 rings (SSSR count). The summed E-state index contributed by atoms with van der Waals surface area (Å²) < 4.78 is 32.9. The number of carbonyl (C=O) groups excluding carboxylic acids is 2. The van der Waals surface area contributed by atoms with Crippen molar-refractivity contribution in [3.8, 4) is 0 Å². The van der Waals surface area contributed by atoms with Crippen LogP contribution in [0.3, 0.4) is 0 Å². The minimum atomic E-state index is -4.38. The van der Waals surface area contributed by atoms with Gasteiger partial charge in [0.05, 0.1) is 13.2 Å². The summed E-state index contributed by atoms with van der Waals surface area (Å²) >= 11 is 0.